The van der Waals surface area contributed by atoms with Crippen LogP contribution >= 0.6 is 0 Å². The van der Waals surface area contributed by atoms with E-state index in [2.05, 4.69) is 21.5 Å². The number of hydrogen-bond acceptors (Lipinski definition) is 6. The third-order valence-corrected chi connectivity index (χ3v) is 6.54. The number of nitrogens with zero attached hydrogens (tertiary/aromatic N) is 3. The molecule has 8 heteroatoms. The zero-order valence-electron chi connectivity index (χ0n) is 19.0. The Labute approximate surface area is 198 Å². The van der Waals surface area contributed by atoms with Crippen molar-refractivity contribution in [2.24, 2.45) is 5.92 Å². The topological polar surface area (TPSA) is 87.5 Å². The molecular weight excluding hydrogens is 432 g/mol. The van der Waals surface area contributed by atoms with Crippen molar-refractivity contribution in [2.75, 3.05) is 19.8 Å². The lowest BCUT2D eigenvalue weighted by Gasteiger charge is -2.26. The minimum absolute atomic E-state index is 0.00964. The third kappa shape index (κ3) is 4.63. The first kappa shape index (κ1) is 21.2. The van der Waals surface area contributed by atoms with Crippen LogP contribution in [0, 0.1) is 5.92 Å². The number of aryl methyl sites for hydroxylation is 1. The molecule has 0 bridgehead atoms. The molecule has 2 atom stereocenters. The summed E-state index contributed by atoms with van der Waals surface area (Å²) in [6.45, 7) is 2.55. The van der Waals surface area contributed by atoms with Crippen molar-refractivity contribution >= 4 is 5.91 Å². The number of aromatic nitrogens is 3. The molecule has 4 heterocycles. The lowest BCUT2D eigenvalue weighted by atomic mass is 9.99. The molecule has 1 saturated carbocycles. The van der Waals surface area contributed by atoms with Gasteiger partial charge in [0.25, 0.3) is 5.91 Å². The maximum atomic E-state index is 12.9. The van der Waals surface area contributed by atoms with Crippen LogP contribution in [-0.2, 0) is 17.7 Å². The molecule has 1 N–H and O–H groups in total. The van der Waals surface area contributed by atoms with E-state index in [0.29, 0.717) is 31.2 Å². The van der Waals surface area contributed by atoms with Gasteiger partial charge in [0, 0.05) is 37.4 Å². The van der Waals surface area contributed by atoms with Gasteiger partial charge in [0.05, 0.1) is 18.3 Å². The summed E-state index contributed by atoms with van der Waals surface area (Å²) in [5, 5.41) is 7.53. The number of amides is 1. The fourth-order valence-corrected chi connectivity index (χ4v) is 4.47. The summed E-state index contributed by atoms with van der Waals surface area (Å²) in [5.74, 6) is 2.00. The summed E-state index contributed by atoms with van der Waals surface area (Å²) < 4.78 is 19.5. The molecule has 34 heavy (non-hydrogen) atoms. The van der Waals surface area contributed by atoms with E-state index in [1.165, 1.54) is 12.8 Å². The van der Waals surface area contributed by atoms with Crippen LogP contribution in [-0.4, -0.2) is 52.6 Å². The van der Waals surface area contributed by atoms with Crippen LogP contribution < -0.4 is 14.8 Å². The van der Waals surface area contributed by atoms with Gasteiger partial charge in [-0.3, -0.25) is 9.78 Å². The van der Waals surface area contributed by atoms with Crippen molar-refractivity contribution in [3.05, 3.63) is 59.9 Å². The molecule has 8 nitrogen and oxygen atoms in total. The molecule has 0 saturated heterocycles. The van der Waals surface area contributed by atoms with E-state index in [0.717, 1.165) is 48.1 Å². The normalized spacial score (nSPS) is 21.1. The van der Waals surface area contributed by atoms with Gasteiger partial charge in [0.1, 0.15) is 18.5 Å². The Hall–Kier alpha value is -3.39. The maximum absolute atomic E-state index is 12.9. The quantitative estimate of drug-likeness (QED) is 0.582. The third-order valence-electron chi connectivity index (χ3n) is 6.54. The number of rotatable bonds is 7. The Morgan fingerprint density at radius 1 is 1.15 bits per heavy atom. The second kappa shape index (κ2) is 9.10. The van der Waals surface area contributed by atoms with Crippen molar-refractivity contribution in [1.82, 2.24) is 20.1 Å². The van der Waals surface area contributed by atoms with E-state index in [4.69, 9.17) is 14.2 Å². The van der Waals surface area contributed by atoms with Gasteiger partial charge in [-0.25, -0.2) is 4.68 Å². The molecule has 0 radical (unpaired) electrons. The Morgan fingerprint density at radius 3 is 2.94 bits per heavy atom. The van der Waals surface area contributed by atoms with Crippen LogP contribution in [0.15, 0.2) is 48.7 Å². The second-order valence-electron chi connectivity index (χ2n) is 9.32. The van der Waals surface area contributed by atoms with Crippen LogP contribution in [0.3, 0.4) is 0 Å². The van der Waals surface area contributed by atoms with Gasteiger partial charge in [-0.15, -0.1) is 0 Å². The van der Waals surface area contributed by atoms with Crippen LogP contribution in [0.5, 0.6) is 11.6 Å². The zero-order valence-corrected chi connectivity index (χ0v) is 19.0. The maximum Gasteiger partial charge on any atom is 0.272 e. The number of carbonyl (C=O) groups excluding carboxylic acids is 1. The fourth-order valence-electron chi connectivity index (χ4n) is 4.47. The van der Waals surface area contributed by atoms with Crippen molar-refractivity contribution in [3.8, 4) is 22.9 Å². The highest BCUT2D eigenvalue weighted by molar-refractivity contribution is 5.92. The average molecular weight is 461 g/mol. The average Bonchev–Trinajstić information content (AvgIpc) is 3.59. The minimum atomic E-state index is -0.218. The van der Waals surface area contributed by atoms with Crippen LogP contribution in [0.25, 0.3) is 11.3 Å². The molecule has 1 fully saturated rings. The number of ether oxygens (including phenoxy) is 3. The molecule has 3 aromatic rings. The first-order valence-corrected chi connectivity index (χ1v) is 12.0. The molecule has 3 aliphatic rings. The van der Waals surface area contributed by atoms with Gasteiger partial charge < -0.3 is 19.5 Å². The first-order valence-electron chi connectivity index (χ1n) is 12.0. The Balaban J connectivity index is 1.08. The summed E-state index contributed by atoms with van der Waals surface area (Å²) in [5.41, 5.74) is 3.37. The van der Waals surface area contributed by atoms with Gasteiger partial charge in [-0.2, -0.15) is 5.10 Å². The Kier molecular flexibility index (Phi) is 5.66. The molecule has 176 valence electrons. The smallest absolute Gasteiger partial charge is 0.272 e. The van der Waals surface area contributed by atoms with E-state index >= 15 is 0 Å². The van der Waals surface area contributed by atoms with Crippen LogP contribution in [0.2, 0.25) is 0 Å². The Bertz CT molecular complexity index is 1170. The first-order chi connectivity index (χ1) is 16.7. The molecule has 2 aliphatic heterocycles. The number of carbonyl (C=O) groups is 1. The van der Waals surface area contributed by atoms with Gasteiger partial charge in [-0.1, -0.05) is 6.07 Å². The number of benzene rings is 1. The second-order valence-corrected chi connectivity index (χ2v) is 9.32. The van der Waals surface area contributed by atoms with E-state index in [1.54, 1.807) is 16.9 Å². The molecule has 0 spiro atoms. The van der Waals surface area contributed by atoms with Gasteiger partial charge in [-0.05, 0) is 61.1 Å². The summed E-state index contributed by atoms with van der Waals surface area (Å²) in [4.78, 5) is 17.4. The van der Waals surface area contributed by atoms with E-state index in [9.17, 15) is 4.79 Å². The summed E-state index contributed by atoms with van der Waals surface area (Å²) in [7, 11) is 0. The molecule has 6 rings (SSSR count). The monoisotopic (exact) mass is 460 g/mol. The molecule has 1 aromatic carbocycles. The van der Waals surface area contributed by atoms with Crippen LogP contribution in [0.1, 0.15) is 35.3 Å². The SMILES string of the molecule is O=C(N[C@H]1COc2ccc(-c3ccccn3)cc2C1)c1cc2n(n1)CC[C@@H](COCC1CC1)O2. The summed E-state index contributed by atoms with van der Waals surface area (Å²) in [6.07, 6.45) is 5.86. The van der Waals surface area contributed by atoms with Gasteiger partial charge >= 0.3 is 0 Å². The predicted molar refractivity (Wildman–Crippen MR) is 125 cm³/mol. The molecule has 1 amide bonds. The van der Waals surface area contributed by atoms with E-state index in [1.807, 2.05) is 30.3 Å². The highest BCUT2D eigenvalue weighted by Crippen LogP contribution is 2.31. The number of fused-ring (bicyclic) bond motifs is 2. The highest BCUT2D eigenvalue weighted by atomic mass is 16.5. The predicted octanol–water partition coefficient (Wildman–Crippen LogP) is 3.26. The van der Waals surface area contributed by atoms with E-state index in [-0.39, 0.29) is 18.1 Å². The van der Waals surface area contributed by atoms with Crippen LogP contribution in [0.4, 0.5) is 0 Å². The zero-order chi connectivity index (χ0) is 22.9. The number of nitrogens with one attached hydrogen (secondary N) is 1. The summed E-state index contributed by atoms with van der Waals surface area (Å²) >= 11 is 0. The van der Waals surface area contributed by atoms with E-state index < -0.39 is 0 Å². The largest absolute Gasteiger partial charge is 0.491 e. The molecular formula is C26H28N4O4. The Morgan fingerprint density at radius 2 is 2.09 bits per heavy atom. The molecule has 2 aromatic heterocycles. The fraction of sp³-hybridized carbons (Fsp3) is 0.423. The minimum Gasteiger partial charge on any atom is -0.491 e. The van der Waals surface area contributed by atoms with Gasteiger partial charge in [0.2, 0.25) is 5.88 Å². The van der Waals surface area contributed by atoms with Crippen molar-refractivity contribution in [3.63, 3.8) is 0 Å². The highest BCUT2D eigenvalue weighted by Gasteiger charge is 2.28. The van der Waals surface area contributed by atoms with Crippen molar-refractivity contribution in [2.45, 2.75) is 44.4 Å². The van der Waals surface area contributed by atoms with Gasteiger partial charge in [0.15, 0.2) is 5.69 Å². The van der Waals surface area contributed by atoms with Crippen molar-refractivity contribution < 1.29 is 19.0 Å². The summed E-state index contributed by atoms with van der Waals surface area (Å²) in [6, 6.07) is 13.5. The standard InChI is InChI=1S/C26H28N4O4/c31-26(23-13-25-30(29-23)10-8-21(34-25)16-32-14-17-4-5-17)28-20-12-19-11-18(6-7-24(19)33-15-20)22-3-1-2-9-27-22/h1-3,6-7,9,11,13,17,20-21H,4-5,8,10,12,14-16H2,(H,28,31)/t20-,21+/m1/s1. The number of pyridine rings is 1. The lowest BCUT2D eigenvalue weighted by Crippen LogP contribution is -2.42. The molecule has 1 aliphatic carbocycles. The molecule has 0 unspecified atom stereocenters. The van der Waals surface area contributed by atoms with Crippen molar-refractivity contribution in [1.29, 1.82) is 0 Å². The number of hydrogen-bond donors (Lipinski definition) is 1. The lowest BCUT2D eigenvalue weighted by molar-refractivity contribution is 0.0221.